The molecule has 0 saturated carbocycles. The normalized spacial score (nSPS) is 15.9. The van der Waals surface area contributed by atoms with Gasteiger partial charge in [0.15, 0.2) is 5.78 Å². The summed E-state index contributed by atoms with van der Waals surface area (Å²) in [5.74, 6) is -0.687. The van der Waals surface area contributed by atoms with Crippen molar-refractivity contribution in [2.45, 2.75) is 45.6 Å². The minimum absolute atomic E-state index is 0.0253. The summed E-state index contributed by atoms with van der Waals surface area (Å²) in [4.78, 5) is 60.8. The number of piperazine rings is 1. The van der Waals surface area contributed by atoms with Crippen molar-refractivity contribution in [1.29, 1.82) is 0 Å². The van der Waals surface area contributed by atoms with E-state index in [0.29, 0.717) is 12.1 Å². The fraction of sp³-hybridized carbons (Fsp3) is 0.263. The van der Waals surface area contributed by atoms with E-state index in [2.05, 4.69) is 27.5 Å². The number of urea groups is 1. The van der Waals surface area contributed by atoms with Crippen LogP contribution in [0.1, 0.15) is 40.9 Å². The highest BCUT2D eigenvalue weighted by molar-refractivity contribution is 6.13. The first-order valence-electron chi connectivity index (χ1n) is 16.2. The maximum atomic E-state index is 14.4. The molecule has 2 heterocycles. The van der Waals surface area contributed by atoms with Gasteiger partial charge in [-0.3, -0.25) is 14.4 Å². The minimum atomic E-state index is -0.964. The van der Waals surface area contributed by atoms with Crippen LogP contribution in [0.25, 0.3) is 10.9 Å². The average Bonchev–Trinajstić information content (AvgIpc) is 3.53. The number of fused-ring (bicyclic) bond motifs is 1. The molecule has 1 fully saturated rings. The second-order valence-electron chi connectivity index (χ2n) is 12.3. The summed E-state index contributed by atoms with van der Waals surface area (Å²) in [5, 5.41) is 19.5. The van der Waals surface area contributed by atoms with Crippen LogP contribution in [0.4, 0.5) is 4.79 Å². The van der Waals surface area contributed by atoms with Gasteiger partial charge in [0.2, 0.25) is 11.8 Å². The molecular formula is C38H42N6O5. The van der Waals surface area contributed by atoms with Crippen molar-refractivity contribution >= 4 is 34.5 Å². The van der Waals surface area contributed by atoms with E-state index in [4.69, 9.17) is 0 Å². The Morgan fingerprint density at radius 1 is 1.00 bits per heavy atom. The molecule has 4 aromatic rings. The van der Waals surface area contributed by atoms with Crippen LogP contribution in [0.3, 0.4) is 0 Å². The summed E-state index contributed by atoms with van der Waals surface area (Å²) in [6, 6.07) is 20.1. The standard InChI is InChI=1S/C38H42N6O5/c1-4-17-39-22-35(47)44-32(19-26-13-15-29(45)16-14-26)37(48)43(24-34(44)42-38(49)41-20-27-9-6-5-7-10-27)23-28-11-8-12-30-31(21-40-36(28)30)33(46)18-25(2)3/h4-16,18,21,32,34,39-40,45H,1,17,19-20,22-24H2,2-3H3,(H2,41,42,49)/t32-,34+/m0/s1. The first-order chi connectivity index (χ1) is 23.6. The van der Waals surface area contributed by atoms with E-state index < -0.39 is 18.2 Å². The zero-order chi connectivity index (χ0) is 34.9. The Balaban J connectivity index is 1.48. The summed E-state index contributed by atoms with van der Waals surface area (Å²) >= 11 is 0. The van der Waals surface area contributed by atoms with Crippen molar-refractivity contribution in [3.63, 3.8) is 0 Å². The molecule has 0 radical (unpaired) electrons. The number of nitrogens with one attached hydrogen (secondary N) is 4. The quantitative estimate of drug-likeness (QED) is 0.0621. The van der Waals surface area contributed by atoms with E-state index in [-0.39, 0.29) is 55.9 Å². The lowest BCUT2D eigenvalue weighted by molar-refractivity contribution is -0.156. The number of nitrogens with zero attached hydrogens (tertiary/aromatic N) is 2. The van der Waals surface area contributed by atoms with Gasteiger partial charge in [-0.05, 0) is 48.7 Å². The van der Waals surface area contributed by atoms with Crippen molar-refractivity contribution in [2.75, 3.05) is 19.6 Å². The van der Waals surface area contributed by atoms with Crippen LogP contribution >= 0.6 is 0 Å². The molecule has 3 aromatic carbocycles. The smallest absolute Gasteiger partial charge is 0.316 e. The number of hydrogen-bond acceptors (Lipinski definition) is 6. The van der Waals surface area contributed by atoms with Crippen LogP contribution in [0.5, 0.6) is 5.75 Å². The van der Waals surface area contributed by atoms with Gasteiger partial charge in [-0.1, -0.05) is 72.3 Å². The van der Waals surface area contributed by atoms with Gasteiger partial charge < -0.3 is 35.8 Å². The minimum Gasteiger partial charge on any atom is -0.508 e. The monoisotopic (exact) mass is 662 g/mol. The van der Waals surface area contributed by atoms with Crippen molar-refractivity contribution in [3.05, 3.63) is 126 Å². The molecule has 1 saturated heterocycles. The number of aromatic nitrogens is 1. The highest BCUT2D eigenvalue weighted by Gasteiger charge is 2.43. The molecule has 49 heavy (non-hydrogen) atoms. The number of hydrogen-bond donors (Lipinski definition) is 5. The fourth-order valence-corrected chi connectivity index (χ4v) is 6.03. The Hall–Kier alpha value is -5.68. The SMILES string of the molecule is C=CCNCC(=O)N1[C@@H](NC(=O)NCc2ccccc2)CN(Cc2cccc3c(C(=O)C=C(C)C)c[nH]c23)C(=O)[C@@H]1Cc1ccc(O)cc1. The number of amides is 4. The second kappa shape index (κ2) is 15.9. The van der Waals surface area contributed by atoms with E-state index in [1.165, 1.54) is 17.0 Å². The number of phenolic OH excluding ortho intramolecular Hbond substituents is 1. The Morgan fingerprint density at radius 3 is 2.47 bits per heavy atom. The van der Waals surface area contributed by atoms with Gasteiger partial charge in [0.25, 0.3) is 0 Å². The lowest BCUT2D eigenvalue weighted by atomic mass is 9.98. The summed E-state index contributed by atoms with van der Waals surface area (Å²) in [6.07, 6.45) is 4.19. The Morgan fingerprint density at radius 2 is 1.76 bits per heavy atom. The third-order valence-electron chi connectivity index (χ3n) is 8.32. The van der Waals surface area contributed by atoms with Gasteiger partial charge >= 0.3 is 6.03 Å². The zero-order valence-corrected chi connectivity index (χ0v) is 27.7. The number of carbonyl (C=O) groups is 4. The molecule has 1 aliphatic heterocycles. The van der Waals surface area contributed by atoms with Gasteiger partial charge in [0, 0.05) is 43.2 Å². The number of H-pyrrole nitrogens is 1. The number of rotatable bonds is 13. The molecule has 2 atom stereocenters. The van der Waals surface area contributed by atoms with Crippen LogP contribution < -0.4 is 16.0 Å². The van der Waals surface area contributed by atoms with Crippen molar-refractivity contribution in [3.8, 4) is 5.75 Å². The highest BCUT2D eigenvalue weighted by Crippen LogP contribution is 2.27. The third kappa shape index (κ3) is 8.62. The first-order valence-corrected chi connectivity index (χ1v) is 16.2. The number of ketones is 1. The fourth-order valence-electron chi connectivity index (χ4n) is 6.03. The maximum Gasteiger partial charge on any atom is 0.316 e. The molecule has 254 valence electrons. The molecule has 5 rings (SSSR count). The Labute approximate surface area is 285 Å². The molecule has 5 N–H and O–H groups in total. The predicted molar refractivity (Wildman–Crippen MR) is 189 cm³/mol. The number of aromatic amines is 1. The Bertz CT molecular complexity index is 1850. The summed E-state index contributed by atoms with van der Waals surface area (Å²) in [5.41, 5.74) is 4.58. The van der Waals surface area contributed by atoms with Crippen LogP contribution in [-0.4, -0.2) is 75.4 Å². The van der Waals surface area contributed by atoms with Gasteiger partial charge in [0.1, 0.15) is 18.0 Å². The molecule has 11 heteroatoms. The topological polar surface area (TPSA) is 147 Å². The summed E-state index contributed by atoms with van der Waals surface area (Å²) in [7, 11) is 0. The number of phenols is 1. The maximum absolute atomic E-state index is 14.4. The van der Waals surface area contributed by atoms with E-state index >= 15 is 0 Å². The number of aromatic hydroxyl groups is 1. The molecule has 0 unspecified atom stereocenters. The number of allylic oxidation sites excluding steroid dienone is 2. The molecule has 1 aliphatic rings. The van der Waals surface area contributed by atoms with E-state index in [9.17, 15) is 24.3 Å². The van der Waals surface area contributed by atoms with Crippen LogP contribution in [-0.2, 0) is 29.1 Å². The van der Waals surface area contributed by atoms with Gasteiger partial charge in [-0.15, -0.1) is 6.58 Å². The van der Waals surface area contributed by atoms with Crippen molar-refractivity contribution in [2.24, 2.45) is 0 Å². The summed E-state index contributed by atoms with van der Waals surface area (Å²) in [6.45, 7) is 8.21. The molecule has 1 aromatic heterocycles. The molecule has 0 aliphatic carbocycles. The van der Waals surface area contributed by atoms with Crippen molar-refractivity contribution in [1.82, 2.24) is 30.7 Å². The number of para-hydroxylation sites is 1. The number of benzene rings is 3. The van der Waals surface area contributed by atoms with E-state index in [0.717, 1.165) is 33.2 Å². The van der Waals surface area contributed by atoms with E-state index in [1.54, 1.807) is 35.4 Å². The number of carbonyl (C=O) groups excluding carboxylic acids is 4. The zero-order valence-electron chi connectivity index (χ0n) is 27.7. The third-order valence-corrected chi connectivity index (χ3v) is 8.32. The largest absolute Gasteiger partial charge is 0.508 e. The molecule has 0 spiro atoms. The molecule has 4 amide bonds. The highest BCUT2D eigenvalue weighted by atomic mass is 16.3. The summed E-state index contributed by atoms with van der Waals surface area (Å²) < 4.78 is 0. The van der Waals surface area contributed by atoms with Crippen LogP contribution in [0, 0.1) is 0 Å². The lowest BCUT2D eigenvalue weighted by Crippen LogP contribution is -2.69. The second-order valence-corrected chi connectivity index (χ2v) is 12.3. The predicted octanol–water partition coefficient (Wildman–Crippen LogP) is 4.41. The van der Waals surface area contributed by atoms with Crippen LogP contribution in [0.2, 0.25) is 0 Å². The Kier molecular flexibility index (Phi) is 11.3. The molecular weight excluding hydrogens is 620 g/mol. The van der Waals surface area contributed by atoms with E-state index in [1.807, 2.05) is 62.4 Å². The average molecular weight is 663 g/mol. The van der Waals surface area contributed by atoms with Crippen LogP contribution in [0.15, 0.2) is 103 Å². The lowest BCUT2D eigenvalue weighted by Gasteiger charge is -2.46. The molecule has 11 nitrogen and oxygen atoms in total. The first kappa shape index (κ1) is 34.6. The van der Waals surface area contributed by atoms with Gasteiger partial charge in [0.05, 0.1) is 18.6 Å². The van der Waals surface area contributed by atoms with Gasteiger partial charge in [-0.25, -0.2) is 4.79 Å². The van der Waals surface area contributed by atoms with Crippen molar-refractivity contribution < 1.29 is 24.3 Å². The molecule has 0 bridgehead atoms. The van der Waals surface area contributed by atoms with Gasteiger partial charge in [-0.2, -0.15) is 0 Å².